The maximum Gasteiger partial charge on any atom is 0.158 e. The Labute approximate surface area is 215 Å². The molecule has 178 valence electrons. The molecular weight excluding hydrogens is 618 g/mol. The van der Waals surface area contributed by atoms with Crippen LogP contribution in [0.5, 0.6) is 0 Å². The van der Waals surface area contributed by atoms with Crippen molar-refractivity contribution in [1.82, 2.24) is 0 Å². The van der Waals surface area contributed by atoms with E-state index in [4.69, 9.17) is 28.4 Å². The summed E-state index contributed by atoms with van der Waals surface area (Å²) in [7, 11) is 4.58. The SMILES string of the molecule is C[N+]1(CC2COC(CCC3OCC(C[N+]4(C)CCOCC4)O3)O2)CCOCC1.[I-].[I-]. The number of rotatable bonds is 7. The van der Waals surface area contributed by atoms with E-state index in [-0.39, 0.29) is 72.7 Å². The summed E-state index contributed by atoms with van der Waals surface area (Å²) in [5.41, 5.74) is 0. The Morgan fingerprint density at radius 3 is 1.37 bits per heavy atom. The van der Waals surface area contributed by atoms with Gasteiger partial charge in [0, 0.05) is 12.8 Å². The molecule has 0 N–H and O–H groups in total. The number of nitrogens with zero attached hydrogens (tertiary/aromatic N) is 2. The van der Waals surface area contributed by atoms with Gasteiger partial charge in [-0.25, -0.2) is 0 Å². The molecule has 0 amide bonds. The Balaban J connectivity index is 0.00000160. The molecule has 0 spiro atoms. The Morgan fingerprint density at radius 2 is 1.00 bits per heavy atom. The maximum absolute atomic E-state index is 6.15. The van der Waals surface area contributed by atoms with Crippen LogP contribution in [0.15, 0.2) is 0 Å². The highest BCUT2D eigenvalue weighted by atomic mass is 127. The van der Waals surface area contributed by atoms with Crippen molar-refractivity contribution in [3.63, 3.8) is 0 Å². The Hall–Kier alpha value is 1.14. The molecule has 10 heteroatoms. The molecule has 4 fully saturated rings. The number of hydrogen-bond donors (Lipinski definition) is 0. The van der Waals surface area contributed by atoms with E-state index in [2.05, 4.69) is 14.1 Å². The first kappa shape index (κ1) is 27.4. The van der Waals surface area contributed by atoms with E-state index in [1.54, 1.807) is 0 Å². The third-order valence-corrected chi connectivity index (χ3v) is 6.65. The predicted octanol–water partition coefficient (Wildman–Crippen LogP) is -5.79. The van der Waals surface area contributed by atoms with Crippen molar-refractivity contribution in [2.75, 3.05) is 93.0 Å². The average Bonchev–Trinajstić information content (AvgIpc) is 3.29. The van der Waals surface area contributed by atoms with Gasteiger partial charge in [0.1, 0.15) is 51.5 Å². The van der Waals surface area contributed by atoms with Crippen molar-refractivity contribution >= 4 is 0 Å². The predicted molar refractivity (Wildman–Crippen MR) is 102 cm³/mol. The van der Waals surface area contributed by atoms with Crippen LogP contribution in [0.2, 0.25) is 0 Å². The van der Waals surface area contributed by atoms with E-state index >= 15 is 0 Å². The van der Waals surface area contributed by atoms with Crippen molar-refractivity contribution in [2.24, 2.45) is 0 Å². The summed E-state index contributed by atoms with van der Waals surface area (Å²) in [5.74, 6) is 0. The molecule has 4 rings (SSSR count). The fourth-order valence-electron chi connectivity index (χ4n) is 4.70. The monoisotopic (exact) mass is 656 g/mol. The molecule has 4 atom stereocenters. The lowest BCUT2D eigenvalue weighted by Crippen LogP contribution is -3.00. The van der Waals surface area contributed by atoms with Gasteiger partial charge < -0.3 is 85.3 Å². The Bertz CT molecular complexity index is 462. The third kappa shape index (κ3) is 7.87. The van der Waals surface area contributed by atoms with Gasteiger partial charge >= 0.3 is 0 Å². The molecule has 4 saturated heterocycles. The summed E-state index contributed by atoms with van der Waals surface area (Å²) in [6.45, 7) is 11.0. The highest BCUT2D eigenvalue weighted by Crippen LogP contribution is 2.24. The standard InChI is InChI=1S/C20H38N2O6.2HI/c1-21(5-9-23-10-6-21)13-17-15-25-19(27-17)3-4-20-26-16-18(28-20)14-22(2)7-11-24-12-8-22;;/h17-20H,3-16H2,1-2H3;2*1H/q+2;;/p-2. The van der Waals surface area contributed by atoms with Crippen LogP contribution < -0.4 is 48.0 Å². The van der Waals surface area contributed by atoms with Gasteiger partial charge in [-0.3, -0.25) is 0 Å². The number of ether oxygens (including phenoxy) is 6. The molecule has 8 nitrogen and oxygen atoms in total. The third-order valence-electron chi connectivity index (χ3n) is 6.65. The molecule has 0 aromatic heterocycles. The van der Waals surface area contributed by atoms with Gasteiger partial charge in [-0.05, 0) is 0 Å². The second-order valence-electron chi connectivity index (χ2n) is 9.34. The van der Waals surface area contributed by atoms with Gasteiger partial charge in [-0.15, -0.1) is 0 Å². The molecular formula is C20H38I2N2O6. The van der Waals surface area contributed by atoms with Crippen LogP contribution in [-0.2, 0) is 28.4 Å². The van der Waals surface area contributed by atoms with E-state index < -0.39 is 0 Å². The zero-order chi connectivity index (χ0) is 19.5. The van der Waals surface area contributed by atoms with E-state index in [1.807, 2.05) is 0 Å². The van der Waals surface area contributed by atoms with Crippen molar-refractivity contribution in [3.8, 4) is 0 Å². The number of halogens is 2. The van der Waals surface area contributed by atoms with Crippen LogP contribution in [0.4, 0.5) is 0 Å². The molecule has 0 aromatic carbocycles. The molecule has 0 bridgehead atoms. The van der Waals surface area contributed by atoms with Gasteiger partial charge in [0.05, 0.1) is 53.7 Å². The van der Waals surface area contributed by atoms with Crippen molar-refractivity contribution in [3.05, 3.63) is 0 Å². The van der Waals surface area contributed by atoms with Crippen molar-refractivity contribution in [1.29, 1.82) is 0 Å². The molecule has 30 heavy (non-hydrogen) atoms. The smallest absolute Gasteiger partial charge is 0.158 e. The fourth-order valence-corrected chi connectivity index (χ4v) is 4.70. The Morgan fingerprint density at radius 1 is 0.633 bits per heavy atom. The van der Waals surface area contributed by atoms with Crippen LogP contribution in [0, 0.1) is 0 Å². The second-order valence-corrected chi connectivity index (χ2v) is 9.34. The highest BCUT2D eigenvalue weighted by Gasteiger charge is 2.37. The van der Waals surface area contributed by atoms with Crippen molar-refractivity contribution in [2.45, 2.75) is 37.6 Å². The number of quaternary nitrogens is 2. The number of likely N-dealkylation sites (N-methyl/N-ethyl adjacent to an activating group) is 2. The first-order valence-corrected chi connectivity index (χ1v) is 10.9. The van der Waals surface area contributed by atoms with Crippen LogP contribution >= 0.6 is 0 Å². The quantitative estimate of drug-likeness (QED) is 0.201. The van der Waals surface area contributed by atoms with Gasteiger partial charge in [-0.1, -0.05) is 0 Å². The van der Waals surface area contributed by atoms with Crippen LogP contribution in [0.1, 0.15) is 12.8 Å². The molecule has 4 aliphatic heterocycles. The largest absolute Gasteiger partial charge is 1.00 e. The van der Waals surface area contributed by atoms with Crippen LogP contribution in [0.3, 0.4) is 0 Å². The maximum atomic E-state index is 6.15. The van der Waals surface area contributed by atoms with E-state index in [0.29, 0.717) is 13.2 Å². The molecule has 4 heterocycles. The molecule has 0 aromatic rings. The van der Waals surface area contributed by atoms with Gasteiger partial charge in [-0.2, -0.15) is 0 Å². The summed E-state index contributed by atoms with van der Waals surface area (Å²) in [6.07, 6.45) is 1.73. The molecule has 4 unspecified atom stereocenters. The first-order valence-electron chi connectivity index (χ1n) is 10.9. The summed E-state index contributed by atoms with van der Waals surface area (Å²) >= 11 is 0. The van der Waals surface area contributed by atoms with Crippen molar-refractivity contribution < 1.29 is 85.3 Å². The zero-order valence-corrected chi connectivity index (χ0v) is 22.6. The van der Waals surface area contributed by atoms with E-state index in [0.717, 1.165) is 87.5 Å². The molecule has 0 saturated carbocycles. The van der Waals surface area contributed by atoms with Gasteiger partial charge in [0.15, 0.2) is 12.6 Å². The topological polar surface area (TPSA) is 55.4 Å². The molecule has 0 aliphatic carbocycles. The fraction of sp³-hybridized carbons (Fsp3) is 1.00. The zero-order valence-electron chi connectivity index (χ0n) is 18.3. The number of morpholine rings is 2. The van der Waals surface area contributed by atoms with Crippen LogP contribution in [-0.4, -0.2) is 127 Å². The second kappa shape index (κ2) is 12.6. The minimum Gasteiger partial charge on any atom is -1.00 e. The summed E-state index contributed by atoms with van der Waals surface area (Å²) in [6, 6.07) is 0. The van der Waals surface area contributed by atoms with E-state index in [1.165, 1.54) is 0 Å². The van der Waals surface area contributed by atoms with E-state index in [9.17, 15) is 0 Å². The average molecular weight is 656 g/mol. The summed E-state index contributed by atoms with van der Waals surface area (Å²) < 4.78 is 37.1. The minimum atomic E-state index is -0.132. The molecule has 0 radical (unpaired) electrons. The highest BCUT2D eigenvalue weighted by molar-refractivity contribution is 4.70. The summed E-state index contributed by atoms with van der Waals surface area (Å²) in [5, 5.41) is 0. The van der Waals surface area contributed by atoms with Crippen LogP contribution in [0.25, 0.3) is 0 Å². The minimum absolute atomic E-state index is 0. The lowest BCUT2D eigenvalue weighted by Gasteiger charge is -2.38. The summed E-state index contributed by atoms with van der Waals surface area (Å²) in [4.78, 5) is 0. The first-order chi connectivity index (χ1) is 13.5. The Kier molecular flexibility index (Phi) is 11.5. The normalized spacial score (nSPS) is 35.4. The van der Waals surface area contributed by atoms with Gasteiger partial charge in [0.25, 0.3) is 0 Å². The molecule has 4 aliphatic rings. The number of hydrogen-bond acceptors (Lipinski definition) is 6. The van der Waals surface area contributed by atoms with Gasteiger partial charge in [0.2, 0.25) is 0 Å². The lowest BCUT2D eigenvalue weighted by molar-refractivity contribution is -0.919. The lowest BCUT2D eigenvalue weighted by atomic mass is 10.2.